The van der Waals surface area contributed by atoms with Crippen molar-refractivity contribution < 1.29 is 0 Å². The van der Waals surface area contributed by atoms with Gasteiger partial charge in [0.1, 0.15) is 0 Å². The first-order valence-electron chi connectivity index (χ1n) is 6.36. The Balaban J connectivity index is 2.36. The predicted octanol–water partition coefficient (Wildman–Crippen LogP) is 6.04. The molecule has 0 spiro atoms. The van der Waals surface area contributed by atoms with E-state index in [4.69, 9.17) is 23.2 Å². The molecule has 2 rings (SSSR count). The molecule has 1 unspecified atom stereocenters. The van der Waals surface area contributed by atoms with Gasteiger partial charge in [-0.3, -0.25) is 0 Å². The molecule has 20 heavy (non-hydrogen) atoms. The molecular weight excluding hydrogens is 357 g/mol. The molecule has 0 heterocycles. The third-order valence-electron chi connectivity index (χ3n) is 3.50. The van der Waals surface area contributed by atoms with Crippen molar-refractivity contribution in [3.63, 3.8) is 0 Å². The zero-order chi connectivity index (χ0) is 14.7. The summed E-state index contributed by atoms with van der Waals surface area (Å²) < 4.78 is 1.04. The van der Waals surface area contributed by atoms with Gasteiger partial charge >= 0.3 is 0 Å². The number of hydrogen-bond acceptors (Lipinski definition) is 1. The number of alkyl halides is 1. The van der Waals surface area contributed by atoms with Crippen LogP contribution in [0.25, 0.3) is 0 Å². The topological polar surface area (TPSA) is 3.24 Å². The molecule has 0 fully saturated rings. The van der Waals surface area contributed by atoms with Gasteiger partial charge in [-0.15, -0.1) is 11.6 Å². The van der Waals surface area contributed by atoms with Crippen LogP contribution < -0.4 is 4.90 Å². The van der Waals surface area contributed by atoms with Crippen LogP contribution in [-0.2, 0) is 5.88 Å². The fourth-order valence-electron chi connectivity index (χ4n) is 2.24. The summed E-state index contributed by atoms with van der Waals surface area (Å²) in [7, 11) is 2.06. The van der Waals surface area contributed by atoms with E-state index in [9.17, 15) is 0 Å². The average Bonchev–Trinajstić information content (AvgIpc) is 2.46. The summed E-state index contributed by atoms with van der Waals surface area (Å²) >= 11 is 15.8. The first-order chi connectivity index (χ1) is 9.54. The van der Waals surface area contributed by atoms with Crippen LogP contribution in [0.3, 0.4) is 0 Å². The number of hydrogen-bond donors (Lipinski definition) is 0. The maximum Gasteiger partial charge on any atom is 0.0525 e. The van der Waals surface area contributed by atoms with Crippen molar-refractivity contribution >= 4 is 44.8 Å². The second-order valence-corrected chi connectivity index (χ2v) is 6.31. The summed E-state index contributed by atoms with van der Waals surface area (Å²) in [5.41, 5.74) is 3.33. The normalized spacial score (nSPS) is 12.2. The molecule has 0 saturated heterocycles. The van der Waals surface area contributed by atoms with Crippen molar-refractivity contribution in [2.24, 2.45) is 0 Å². The van der Waals surface area contributed by atoms with E-state index in [0.717, 1.165) is 26.3 Å². The largest absolute Gasteiger partial charge is 0.368 e. The minimum absolute atomic E-state index is 0.173. The van der Waals surface area contributed by atoms with E-state index in [1.54, 1.807) is 0 Å². The maximum atomic E-state index is 6.29. The van der Waals surface area contributed by atoms with Gasteiger partial charge in [-0.05, 0) is 42.3 Å². The fourth-order valence-corrected chi connectivity index (χ4v) is 3.15. The average molecular weight is 373 g/mol. The minimum atomic E-state index is 0.173. The van der Waals surface area contributed by atoms with Crippen LogP contribution in [0, 0.1) is 0 Å². The van der Waals surface area contributed by atoms with Crippen LogP contribution in [0.5, 0.6) is 0 Å². The molecule has 2 aromatic rings. The number of nitrogens with zero attached hydrogens (tertiary/aromatic N) is 1. The Morgan fingerprint density at radius 2 is 1.90 bits per heavy atom. The zero-order valence-electron chi connectivity index (χ0n) is 11.4. The lowest BCUT2D eigenvalue weighted by molar-refractivity contribution is 0.737. The highest BCUT2D eigenvalue weighted by atomic mass is 79.9. The molecule has 0 bridgehead atoms. The molecule has 106 valence electrons. The van der Waals surface area contributed by atoms with Gasteiger partial charge in [-0.25, -0.2) is 0 Å². The summed E-state index contributed by atoms with van der Waals surface area (Å²) in [5.74, 6) is 0.481. The molecule has 0 aliphatic rings. The van der Waals surface area contributed by atoms with E-state index in [0.29, 0.717) is 5.88 Å². The first kappa shape index (κ1) is 15.7. The van der Waals surface area contributed by atoms with Gasteiger partial charge in [0.15, 0.2) is 0 Å². The molecular formula is C16H16BrCl2N. The second-order valence-electron chi connectivity index (χ2n) is 4.72. The van der Waals surface area contributed by atoms with Gasteiger partial charge in [0.25, 0.3) is 0 Å². The van der Waals surface area contributed by atoms with Gasteiger partial charge in [-0.1, -0.05) is 45.7 Å². The van der Waals surface area contributed by atoms with Crippen LogP contribution in [-0.4, -0.2) is 7.05 Å². The molecule has 0 radical (unpaired) electrons. The van der Waals surface area contributed by atoms with Gasteiger partial charge in [0.2, 0.25) is 0 Å². The maximum absolute atomic E-state index is 6.29. The smallest absolute Gasteiger partial charge is 0.0525 e. The molecule has 2 aromatic carbocycles. The first-order valence-corrected chi connectivity index (χ1v) is 8.06. The summed E-state index contributed by atoms with van der Waals surface area (Å²) in [4.78, 5) is 2.20. The van der Waals surface area contributed by atoms with Gasteiger partial charge in [0.05, 0.1) is 6.04 Å². The van der Waals surface area contributed by atoms with Gasteiger partial charge < -0.3 is 4.90 Å². The number of halogens is 3. The Kier molecular flexibility index (Phi) is 5.36. The Morgan fingerprint density at radius 1 is 1.20 bits per heavy atom. The standard InChI is InChI=1S/C16H16BrCl2N/c1-11(14-5-3-4-6-15(14)19)20(2)16-8-7-13(17)9-12(16)10-18/h3-9,11H,10H2,1-2H3. The molecule has 1 nitrogen and oxygen atoms in total. The molecule has 4 heteroatoms. The van der Waals surface area contributed by atoms with Crippen molar-refractivity contribution in [1.29, 1.82) is 0 Å². The van der Waals surface area contributed by atoms with Crippen LogP contribution in [0.1, 0.15) is 24.1 Å². The molecule has 1 atom stereocenters. The molecule has 0 saturated carbocycles. The predicted molar refractivity (Wildman–Crippen MR) is 92.0 cm³/mol. The van der Waals surface area contributed by atoms with Crippen LogP contribution in [0.15, 0.2) is 46.9 Å². The highest BCUT2D eigenvalue weighted by Crippen LogP contribution is 2.33. The molecule has 0 aromatic heterocycles. The van der Waals surface area contributed by atoms with Crippen molar-refractivity contribution in [1.82, 2.24) is 0 Å². The molecule has 0 amide bonds. The van der Waals surface area contributed by atoms with E-state index >= 15 is 0 Å². The number of benzene rings is 2. The van der Waals surface area contributed by atoms with E-state index < -0.39 is 0 Å². The second kappa shape index (κ2) is 6.84. The number of anilines is 1. The monoisotopic (exact) mass is 371 g/mol. The lowest BCUT2D eigenvalue weighted by Crippen LogP contribution is -2.23. The van der Waals surface area contributed by atoms with E-state index in [1.165, 1.54) is 0 Å². The van der Waals surface area contributed by atoms with Crippen molar-refractivity contribution in [3.8, 4) is 0 Å². The molecule has 0 aliphatic carbocycles. The summed E-state index contributed by atoms with van der Waals surface area (Å²) in [5, 5.41) is 0.788. The third kappa shape index (κ3) is 3.30. The quantitative estimate of drug-likeness (QED) is 0.591. The number of rotatable bonds is 4. The Labute approximate surface area is 138 Å². The summed E-state index contributed by atoms with van der Waals surface area (Å²) in [6.07, 6.45) is 0. The van der Waals surface area contributed by atoms with Crippen LogP contribution in [0.4, 0.5) is 5.69 Å². The lowest BCUT2D eigenvalue weighted by atomic mass is 10.1. The Morgan fingerprint density at radius 3 is 2.55 bits per heavy atom. The van der Waals surface area contributed by atoms with Crippen LogP contribution in [0.2, 0.25) is 5.02 Å². The fraction of sp³-hybridized carbons (Fsp3) is 0.250. The Hall–Kier alpha value is -0.700. The third-order valence-corrected chi connectivity index (χ3v) is 4.63. The highest BCUT2D eigenvalue weighted by molar-refractivity contribution is 9.10. The van der Waals surface area contributed by atoms with E-state index in [1.807, 2.05) is 24.3 Å². The summed E-state index contributed by atoms with van der Waals surface area (Å²) in [6.45, 7) is 2.14. The SMILES string of the molecule is CC(c1ccccc1Cl)N(C)c1ccc(Br)cc1CCl. The van der Waals surface area contributed by atoms with Crippen LogP contribution >= 0.6 is 39.1 Å². The Bertz CT molecular complexity index is 601. The minimum Gasteiger partial charge on any atom is -0.368 e. The van der Waals surface area contributed by atoms with Crippen molar-refractivity contribution in [2.75, 3.05) is 11.9 Å². The van der Waals surface area contributed by atoms with Gasteiger partial charge in [-0.2, -0.15) is 0 Å². The zero-order valence-corrected chi connectivity index (χ0v) is 14.5. The van der Waals surface area contributed by atoms with Crippen molar-refractivity contribution in [2.45, 2.75) is 18.8 Å². The highest BCUT2D eigenvalue weighted by Gasteiger charge is 2.17. The molecule has 0 aliphatic heterocycles. The van der Waals surface area contributed by atoms with E-state index in [-0.39, 0.29) is 6.04 Å². The van der Waals surface area contributed by atoms with Crippen molar-refractivity contribution in [3.05, 3.63) is 63.1 Å². The van der Waals surface area contributed by atoms with Gasteiger partial charge in [0, 0.05) is 28.1 Å². The van der Waals surface area contributed by atoms with E-state index in [2.05, 4.69) is 53.0 Å². The lowest BCUT2D eigenvalue weighted by Gasteiger charge is -2.29. The molecule has 0 N–H and O–H groups in total. The summed E-state index contributed by atoms with van der Waals surface area (Å²) in [6, 6.07) is 14.3.